The van der Waals surface area contributed by atoms with Crippen LogP contribution < -0.4 is 5.56 Å². The summed E-state index contributed by atoms with van der Waals surface area (Å²) in [6.45, 7) is 2.62. The topological polar surface area (TPSA) is 79.4 Å². The number of piperidine rings is 1. The third-order valence-corrected chi connectivity index (χ3v) is 4.20. The summed E-state index contributed by atoms with van der Waals surface area (Å²) in [6, 6.07) is 5.34. The number of nitrogens with zero attached hydrogens (tertiary/aromatic N) is 4. The van der Waals surface area contributed by atoms with Crippen molar-refractivity contribution in [3.8, 4) is 0 Å². The zero-order chi connectivity index (χ0) is 14.9. The predicted octanol–water partition coefficient (Wildman–Crippen LogP) is 1.39. The summed E-state index contributed by atoms with van der Waals surface area (Å²) in [4.78, 5) is 18.9. The Morgan fingerprint density at radius 3 is 3.23 bits per heavy atom. The number of nitrogens with one attached hydrogen (secondary N) is 1. The van der Waals surface area contributed by atoms with Crippen molar-refractivity contribution in [1.29, 1.82) is 0 Å². The van der Waals surface area contributed by atoms with Gasteiger partial charge in [0.15, 0.2) is 5.65 Å². The predicted molar refractivity (Wildman–Crippen MR) is 79.6 cm³/mol. The molecule has 4 heterocycles. The van der Waals surface area contributed by atoms with Crippen LogP contribution in [-0.4, -0.2) is 37.7 Å². The van der Waals surface area contributed by atoms with E-state index in [1.165, 1.54) is 4.52 Å². The maximum Gasteiger partial charge on any atom is 0.272 e. The van der Waals surface area contributed by atoms with Crippen molar-refractivity contribution in [3.63, 3.8) is 0 Å². The van der Waals surface area contributed by atoms with E-state index in [0.717, 1.165) is 37.3 Å². The van der Waals surface area contributed by atoms with Gasteiger partial charge in [-0.2, -0.15) is 0 Å². The summed E-state index contributed by atoms with van der Waals surface area (Å²) in [6.07, 6.45) is 5.57. The van der Waals surface area contributed by atoms with E-state index >= 15 is 0 Å². The van der Waals surface area contributed by atoms with E-state index in [9.17, 15) is 4.79 Å². The molecule has 0 bridgehead atoms. The average molecular weight is 299 g/mol. The molecule has 0 spiro atoms. The fraction of sp³-hybridized carbons (Fsp3) is 0.400. The molecule has 114 valence electrons. The van der Waals surface area contributed by atoms with Gasteiger partial charge < -0.3 is 4.52 Å². The molecule has 0 radical (unpaired) electrons. The molecule has 7 nitrogen and oxygen atoms in total. The molecule has 1 aliphatic rings. The molecular weight excluding hydrogens is 282 g/mol. The van der Waals surface area contributed by atoms with E-state index in [2.05, 4.69) is 20.1 Å². The van der Waals surface area contributed by atoms with Gasteiger partial charge in [0, 0.05) is 43.4 Å². The van der Waals surface area contributed by atoms with Crippen LogP contribution in [0, 0.1) is 0 Å². The van der Waals surface area contributed by atoms with E-state index in [0.29, 0.717) is 18.1 Å². The Morgan fingerprint density at radius 1 is 1.41 bits per heavy atom. The Bertz CT molecular complexity index is 820. The molecule has 0 saturated carbocycles. The minimum atomic E-state index is -0.0740. The van der Waals surface area contributed by atoms with E-state index in [4.69, 9.17) is 4.52 Å². The maximum atomic E-state index is 12.0. The molecule has 7 heteroatoms. The molecule has 1 aliphatic heterocycles. The van der Waals surface area contributed by atoms with Gasteiger partial charge in [0.2, 0.25) is 0 Å². The Kier molecular flexibility index (Phi) is 3.27. The first-order valence-electron chi connectivity index (χ1n) is 7.48. The number of H-pyrrole nitrogens is 1. The summed E-state index contributed by atoms with van der Waals surface area (Å²) >= 11 is 0. The normalized spacial score (nSPS) is 19.7. The van der Waals surface area contributed by atoms with Crippen LogP contribution in [-0.2, 0) is 6.54 Å². The summed E-state index contributed by atoms with van der Waals surface area (Å²) in [5.74, 6) is 0.393. The standard InChI is InChI=1S/C15H17N5O2/c21-15-8-12(17-14-3-5-16-20(14)15)10-19-6-1-2-11(9-19)13-4-7-22-18-13/h3-5,7-8,11,16H,1-2,6,9-10H2. The highest BCUT2D eigenvalue weighted by Crippen LogP contribution is 2.26. The van der Waals surface area contributed by atoms with Gasteiger partial charge >= 0.3 is 0 Å². The van der Waals surface area contributed by atoms with Gasteiger partial charge in [-0.1, -0.05) is 5.16 Å². The van der Waals surface area contributed by atoms with Crippen LogP contribution in [0.1, 0.15) is 30.1 Å². The summed E-state index contributed by atoms with van der Waals surface area (Å²) in [5.41, 5.74) is 2.41. The minimum absolute atomic E-state index is 0.0740. The van der Waals surface area contributed by atoms with Crippen molar-refractivity contribution in [1.82, 2.24) is 24.7 Å². The smallest absolute Gasteiger partial charge is 0.272 e. The van der Waals surface area contributed by atoms with Crippen molar-refractivity contribution in [2.75, 3.05) is 13.1 Å². The number of likely N-dealkylation sites (tertiary alicyclic amines) is 1. The molecule has 0 amide bonds. The minimum Gasteiger partial charge on any atom is -0.365 e. The first kappa shape index (κ1) is 13.3. The van der Waals surface area contributed by atoms with Crippen LogP contribution in [0.2, 0.25) is 0 Å². The van der Waals surface area contributed by atoms with Crippen LogP contribution in [0.15, 0.2) is 40.0 Å². The van der Waals surface area contributed by atoms with Gasteiger partial charge in [-0.05, 0) is 19.4 Å². The van der Waals surface area contributed by atoms with Gasteiger partial charge in [-0.3, -0.25) is 14.8 Å². The Labute approximate surface area is 126 Å². The van der Waals surface area contributed by atoms with Gasteiger partial charge in [0.05, 0.1) is 11.4 Å². The molecule has 1 fully saturated rings. The molecule has 1 unspecified atom stereocenters. The highest BCUT2D eigenvalue weighted by molar-refractivity contribution is 5.36. The monoisotopic (exact) mass is 299 g/mol. The van der Waals surface area contributed by atoms with Crippen LogP contribution in [0.4, 0.5) is 0 Å². The SMILES string of the molecule is O=c1cc(CN2CCCC(c3ccon3)C2)nc2cc[nH]n12. The molecular formula is C15H17N5O2. The van der Waals surface area contributed by atoms with Gasteiger partial charge in [-0.15, -0.1) is 0 Å². The second kappa shape index (κ2) is 5.42. The van der Waals surface area contributed by atoms with Crippen molar-refractivity contribution in [2.45, 2.75) is 25.3 Å². The van der Waals surface area contributed by atoms with Gasteiger partial charge in [0.25, 0.3) is 5.56 Å². The quantitative estimate of drug-likeness (QED) is 0.790. The highest BCUT2D eigenvalue weighted by atomic mass is 16.5. The summed E-state index contributed by atoms with van der Waals surface area (Å²) < 4.78 is 6.39. The zero-order valence-corrected chi connectivity index (χ0v) is 12.1. The average Bonchev–Trinajstić information content (AvgIpc) is 3.19. The lowest BCUT2D eigenvalue weighted by molar-refractivity contribution is 0.194. The van der Waals surface area contributed by atoms with Gasteiger partial charge in [0.1, 0.15) is 6.26 Å². The number of hydrogen-bond donors (Lipinski definition) is 1. The van der Waals surface area contributed by atoms with Crippen LogP contribution >= 0.6 is 0 Å². The van der Waals surface area contributed by atoms with E-state index in [-0.39, 0.29) is 5.56 Å². The third-order valence-electron chi connectivity index (χ3n) is 4.20. The maximum absolute atomic E-state index is 12.0. The molecule has 0 aromatic carbocycles. The van der Waals surface area contributed by atoms with Gasteiger partial charge in [-0.25, -0.2) is 9.50 Å². The van der Waals surface area contributed by atoms with E-state index in [1.807, 2.05) is 6.07 Å². The van der Waals surface area contributed by atoms with E-state index < -0.39 is 0 Å². The fourth-order valence-corrected chi connectivity index (χ4v) is 3.16. The van der Waals surface area contributed by atoms with Crippen LogP contribution in [0.3, 0.4) is 0 Å². The Balaban J connectivity index is 1.53. The lowest BCUT2D eigenvalue weighted by atomic mass is 9.95. The van der Waals surface area contributed by atoms with E-state index in [1.54, 1.807) is 24.6 Å². The lowest BCUT2D eigenvalue weighted by Gasteiger charge is -2.31. The third kappa shape index (κ3) is 2.43. The number of fused-ring (bicyclic) bond motifs is 1. The molecule has 22 heavy (non-hydrogen) atoms. The summed E-state index contributed by atoms with van der Waals surface area (Å²) in [5, 5.41) is 6.91. The number of rotatable bonds is 3. The number of aromatic amines is 1. The van der Waals surface area contributed by atoms with Crippen LogP contribution in [0.5, 0.6) is 0 Å². The van der Waals surface area contributed by atoms with Crippen LogP contribution in [0.25, 0.3) is 5.65 Å². The largest absolute Gasteiger partial charge is 0.365 e. The van der Waals surface area contributed by atoms with Crippen molar-refractivity contribution >= 4 is 5.65 Å². The van der Waals surface area contributed by atoms with Crippen molar-refractivity contribution in [3.05, 3.63) is 52.4 Å². The fourth-order valence-electron chi connectivity index (χ4n) is 3.16. The molecule has 3 aromatic heterocycles. The molecule has 3 aromatic rings. The highest BCUT2D eigenvalue weighted by Gasteiger charge is 2.23. The second-order valence-electron chi connectivity index (χ2n) is 5.74. The Morgan fingerprint density at radius 2 is 2.36 bits per heavy atom. The van der Waals surface area contributed by atoms with Crippen molar-refractivity contribution in [2.24, 2.45) is 0 Å². The lowest BCUT2D eigenvalue weighted by Crippen LogP contribution is -2.34. The molecule has 1 atom stereocenters. The molecule has 1 saturated heterocycles. The Hall–Kier alpha value is -2.41. The zero-order valence-electron chi connectivity index (χ0n) is 12.1. The number of aromatic nitrogens is 4. The first-order valence-corrected chi connectivity index (χ1v) is 7.48. The first-order chi connectivity index (χ1) is 10.8. The number of hydrogen-bond acceptors (Lipinski definition) is 5. The summed E-state index contributed by atoms with van der Waals surface area (Å²) in [7, 11) is 0. The molecule has 0 aliphatic carbocycles. The second-order valence-corrected chi connectivity index (χ2v) is 5.74. The molecule has 1 N–H and O–H groups in total. The molecule has 4 rings (SSSR count). The van der Waals surface area contributed by atoms with Crippen molar-refractivity contribution < 1.29 is 4.52 Å².